The van der Waals surface area contributed by atoms with E-state index in [9.17, 15) is 9.18 Å². The predicted molar refractivity (Wildman–Crippen MR) is 92.6 cm³/mol. The molecule has 0 aliphatic heterocycles. The van der Waals surface area contributed by atoms with Crippen LogP contribution in [0.5, 0.6) is 5.75 Å². The number of benzene rings is 3. The zero-order chi connectivity index (χ0) is 16.9. The lowest BCUT2D eigenvalue weighted by molar-refractivity contribution is 0.101. The Morgan fingerprint density at radius 3 is 2.38 bits per heavy atom. The number of carbonyl (C=O) groups is 1. The number of hydrogen-bond acceptors (Lipinski definition) is 2. The molecule has 0 amide bonds. The maximum atomic E-state index is 13.4. The molecule has 0 unspecified atom stereocenters. The van der Waals surface area contributed by atoms with Gasteiger partial charge in [0.15, 0.2) is 5.78 Å². The van der Waals surface area contributed by atoms with Crippen molar-refractivity contribution in [2.24, 2.45) is 0 Å². The van der Waals surface area contributed by atoms with Gasteiger partial charge in [0.05, 0.1) is 5.56 Å². The average molecular weight is 320 g/mol. The van der Waals surface area contributed by atoms with E-state index in [1.54, 1.807) is 18.2 Å². The first-order valence-corrected chi connectivity index (χ1v) is 7.71. The Hall–Kier alpha value is -2.94. The quantitative estimate of drug-likeness (QED) is 0.598. The van der Waals surface area contributed by atoms with E-state index in [2.05, 4.69) is 0 Å². The van der Waals surface area contributed by atoms with Gasteiger partial charge in [-0.15, -0.1) is 0 Å². The second kappa shape index (κ2) is 7.09. The van der Waals surface area contributed by atoms with Gasteiger partial charge in [-0.05, 0) is 47.9 Å². The summed E-state index contributed by atoms with van der Waals surface area (Å²) in [6.07, 6.45) is 0. The number of ether oxygens (including phenoxy) is 1. The Morgan fingerprint density at radius 2 is 1.67 bits per heavy atom. The van der Waals surface area contributed by atoms with Crippen LogP contribution >= 0.6 is 0 Å². The molecular formula is C21H17FO2. The number of halogens is 1. The van der Waals surface area contributed by atoms with Crippen LogP contribution in [0, 0.1) is 5.82 Å². The van der Waals surface area contributed by atoms with E-state index < -0.39 is 0 Å². The largest absolute Gasteiger partial charge is 0.488 e. The zero-order valence-corrected chi connectivity index (χ0v) is 13.3. The van der Waals surface area contributed by atoms with Crippen molar-refractivity contribution in [2.75, 3.05) is 0 Å². The van der Waals surface area contributed by atoms with Gasteiger partial charge in [0, 0.05) is 0 Å². The Morgan fingerprint density at radius 1 is 0.917 bits per heavy atom. The van der Waals surface area contributed by atoms with E-state index >= 15 is 0 Å². The van der Waals surface area contributed by atoms with Crippen molar-refractivity contribution in [2.45, 2.75) is 13.5 Å². The van der Waals surface area contributed by atoms with Crippen LogP contribution in [0.2, 0.25) is 0 Å². The van der Waals surface area contributed by atoms with Gasteiger partial charge in [-0.25, -0.2) is 4.39 Å². The molecule has 0 spiro atoms. The summed E-state index contributed by atoms with van der Waals surface area (Å²) in [4.78, 5) is 12.0. The van der Waals surface area contributed by atoms with Crippen LogP contribution in [-0.4, -0.2) is 5.78 Å². The van der Waals surface area contributed by atoms with Crippen LogP contribution in [0.1, 0.15) is 22.8 Å². The van der Waals surface area contributed by atoms with E-state index in [4.69, 9.17) is 4.74 Å². The standard InChI is InChI=1S/C21H17FO2/c1-15(23)20-13-18(17-8-5-9-19(22)12-17)10-11-21(20)24-14-16-6-3-2-4-7-16/h2-13H,14H2,1H3. The highest BCUT2D eigenvalue weighted by atomic mass is 19.1. The average Bonchev–Trinajstić information content (AvgIpc) is 2.60. The molecule has 0 radical (unpaired) electrons. The van der Waals surface area contributed by atoms with Crippen molar-refractivity contribution in [3.63, 3.8) is 0 Å². The summed E-state index contributed by atoms with van der Waals surface area (Å²) in [5.74, 6) is 0.143. The minimum absolute atomic E-state index is 0.0867. The molecule has 2 nitrogen and oxygen atoms in total. The highest BCUT2D eigenvalue weighted by Crippen LogP contribution is 2.28. The van der Waals surface area contributed by atoms with Gasteiger partial charge in [0.25, 0.3) is 0 Å². The third-order valence-electron chi connectivity index (χ3n) is 3.75. The van der Waals surface area contributed by atoms with Gasteiger partial charge in [-0.3, -0.25) is 4.79 Å². The Kier molecular flexibility index (Phi) is 4.71. The number of rotatable bonds is 5. The maximum absolute atomic E-state index is 13.4. The van der Waals surface area contributed by atoms with Crippen molar-refractivity contribution < 1.29 is 13.9 Å². The van der Waals surface area contributed by atoms with E-state index in [-0.39, 0.29) is 11.6 Å². The van der Waals surface area contributed by atoms with E-state index in [0.717, 1.165) is 16.7 Å². The van der Waals surface area contributed by atoms with Crippen LogP contribution in [0.4, 0.5) is 4.39 Å². The van der Waals surface area contributed by atoms with E-state index in [0.29, 0.717) is 17.9 Å². The smallest absolute Gasteiger partial charge is 0.163 e. The van der Waals surface area contributed by atoms with Crippen LogP contribution in [0.25, 0.3) is 11.1 Å². The molecule has 0 aromatic heterocycles. The molecule has 0 heterocycles. The minimum Gasteiger partial charge on any atom is -0.488 e. The molecule has 0 N–H and O–H groups in total. The van der Waals surface area contributed by atoms with Crippen molar-refractivity contribution in [3.8, 4) is 16.9 Å². The number of ketones is 1. The molecule has 0 saturated heterocycles. The molecule has 120 valence electrons. The number of Topliss-reactive ketones (excluding diaryl/α,β-unsaturated/α-hetero) is 1. The third-order valence-corrected chi connectivity index (χ3v) is 3.75. The molecule has 0 saturated carbocycles. The summed E-state index contributed by atoms with van der Waals surface area (Å²) in [5, 5.41) is 0. The molecule has 3 aromatic carbocycles. The first kappa shape index (κ1) is 15.9. The van der Waals surface area contributed by atoms with Gasteiger partial charge in [-0.2, -0.15) is 0 Å². The van der Waals surface area contributed by atoms with Gasteiger partial charge in [0.2, 0.25) is 0 Å². The summed E-state index contributed by atoms with van der Waals surface area (Å²) in [6.45, 7) is 1.89. The molecule has 0 bridgehead atoms. The first-order valence-electron chi connectivity index (χ1n) is 7.71. The maximum Gasteiger partial charge on any atom is 0.163 e. The molecule has 24 heavy (non-hydrogen) atoms. The fourth-order valence-electron chi connectivity index (χ4n) is 2.51. The van der Waals surface area contributed by atoms with E-state index in [1.807, 2.05) is 42.5 Å². The number of hydrogen-bond donors (Lipinski definition) is 0. The molecule has 3 aromatic rings. The zero-order valence-electron chi connectivity index (χ0n) is 13.3. The lowest BCUT2D eigenvalue weighted by Gasteiger charge is -2.12. The van der Waals surface area contributed by atoms with Crippen LogP contribution in [0.3, 0.4) is 0 Å². The van der Waals surface area contributed by atoms with Crippen molar-refractivity contribution in [1.82, 2.24) is 0 Å². The van der Waals surface area contributed by atoms with Crippen LogP contribution in [-0.2, 0) is 6.61 Å². The molecule has 3 rings (SSSR count). The highest BCUT2D eigenvalue weighted by Gasteiger charge is 2.11. The summed E-state index contributed by atoms with van der Waals surface area (Å²) in [7, 11) is 0. The molecule has 0 aliphatic carbocycles. The lowest BCUT2D eigenvalue weighted by atomic mass is 10.0. The van der Waals surface area contributed by atoms with Gasteiger partial charge in [-0.1, -0.05) is 48.5 Å². The molecule has 0 aliphatic rings. The molecule has 0 atom stereocenters. The first-order chi connectivity index (χ1) is 11.6. The fourth-order valence-corrected chi connectivity index (χ4v) is 2.51. The highest BCUT2D eigenvalue weighted by molar-refractivity contribution is 5.98. The summed E-state index contributed by atoms with van der Waals surface area (Å²) in [5.41, 5.74) is 3.03. The van der Waals surface area contributed by atoms with Crippen LogP contribution in [0.15, 0.2) is 72.8 Å². The van der Waals surface area contributed by atoms with Gasteiger partial charge < -0.3 is 4.74 Å². The number of carbonyl (C=O) groups excluding carboxylic acids is 1. The third kappa shape index (κ3) is 3.69. The second-order valence-corrected chi connectivity index (χ2v) is 5.55. The minimum atomic E-state index is -0.304. The van der Waals surface area contributed by atoms with Gasteiger partial charge >= 0.3 is 0 Å². The molecule has 0 fully saturated rings. The molecule has 3 heteroatoms. The second-order valence-electron chi connectivity index (χ2n) is 5.55. The lowest BCUT2D eigenvalue weighted by Crippen LogP contribution is -2.02. The summed E-state index contributed by atoms with van der Waals surface area (Å²) in [6, 6.07) is 21.4. The Balaban J connectivity index is 1.89. The van der Waals surface area contributed by atoms with Gasteiger partial charge in [0.1, 0.15) is 18.2 Å². The summed E-state index contributed by atoms with van der Waals surface area (Å²) >= 11 is 0. The topological polar surface area (TPSA) is 26.3 Å². The van der Waals surface area contributed by atoms with E-state index in [1.165, 1.54) is 19.1 Å². The normalized spacial score (nSPS) is 10.4. The Labute approximate surface area is 140 Å². The van der Waals surface area contributed by atoms with Crippen molar-refractivity contribution in [3.05, 3.63) is 89.7 Å². The Bertz CT molecular complexity index is 857. The van der Waals surface area contributed by atoms with Crippen LogP contribution < -0.4 is 4.74 Å². The SMILES string of the molecule is CC(=O)c1cc(-c2cccc(F)c2)ccc1OCc1ccccc1. The molecular weight excluding hydrogens is 303 g/mol. The van der Waals surface area contributed by atoms with Crippen molar-refractivity contribution in [1.29, 1.82) is 0 Å². The predicted octanol–water partition coefficient (Wildman–Crippen LogP) is 5.27. The summed E-state index contributed by atoms with van der Waals surface area (Å²) < 4.78 is 19.2. The monoisotopic (exact) mass is 320 g/mol. The van der Waals surface area contributed by atoms with Crippen molar-refractivity contribution >= 4 is 5.78 Å². The fraction of sp³-hybridized carbons (Fsp3) is 0.0952.